The van der Waals surface area contributed by atoms with E-state index in [1.807, 2.05) is 24.3 Å². The van der Waals surface area contributed by atoms with E-state index in [-0.39, 0.29) is 5.92 Å². The smallest absolute Gasteiger partial charge is 0.306 e. The zero-order valence-corrected chi connectivity index (χ0v) is 10.3. The zero-order chi connectivity index (χ0) is 11.7. The maximum absolute atomic E-state index is 10.8. The second-order valence-corrected chi connectivity index (χ2v) is 5.38. The Morgan fingerprint density at radius 3 is 2.94 bits per heavy atom. The van der Waals surface area contributed by atoms with Crippen molar-refractivity contribution in [2.24, 2.45) is 5.92 Å². The molecule has 1 heterocycles. The first-order valence-electron chi connectivity index (χ1n) is 4.97. The minimum absolute atomic E-state index is 0.355. The lowest BCUT2D eigenvalue weighted by molar-refractivity contribution is -0.141. The highest BCUT2D eigenvalue weighted by molar-refractivity contribution is 7.19. The van der Waals surface area contributed by atoms with Crippen LogP contribution in [0.3, 0.4) is 0 Å². The summed E-state index contributed by atoms with van der Waals surface area (Å²) in [6.45, 7) is 1.72. The van der Waals surface area contributed by atoms with Gasteiger partial charge in [0, 0.05) is 20.0 Å². The van der Waals surface area contributed by atoms with E-state index in [1.54, 1.807) is 18.3 Å². The van der Waals surface area contributed by atoms with Crippen LogP contribution in [-0.2, 0) is 11.2 Å². The predicted molar refractivity (Wildman–Crippen MR) is 67.3 cm³/mol. The van der Waals surface area contributed by atoms with Gasteiger partial charge in [-0.15, -0.1) is 11.3 Å². The van der Waals surface area contributed by atoms with Gasteiger partial charge in [0.15, 0.2) is 0 Å². The summed E-state index contributed by atoms with van der Waals surface area (Å²) in [7, 11) is 0. The Morgan fingerprint density at radius 2 is 2.31 bits per heavy atom. The molecule has 1 aromatic heterocycles. The van der Waals surface area contributed by atoms with Gasteiger partial charge in [-0.25, -0.2) is 0 Å². The van der Waals surface area contributed by atoms with Crippen LogP contribution in [0.2, 0.25) is 5.02 Å². The SMILES string of the molecule is CC(Cc1cc2c(Cl)cccc2s1)C(=O)O. The fourth-order valence-electron chi connectivity index (χ4n) is 1.57. The number of thiophene rings is 1. The van der Waals surface area contributed by atoms with Crippen LogP contribution >= 0.6 is 22.9 Å². The van der Waals surface area contributed by atoms with Gasteiger partial charge in [-0.3, -0.25) is 4.79 Å². The van der Waals surface area contributed by atoms with Crippen LogP contribution in [0.5, 0.6) is 0 Å². The lowest BCUT2D eigenvalue weighted by Gasteiger charge is -2.01. The second kappa shape index (κ2) is 4.44. The molecule has 1 atom stereocenters. The standard InChI is InChI=1S/C12H11ClO2S/c1-7(12(14)15)5-8-6-9-10(13)3-2-4-11(9)16-8/h2-4,6-7H,5H2,1H3,(H,14,15). The van der Waals surface area contributed by atoms with Crippen LogP contribution in [0.25, 0.3) is 10.1 Å². The van der Waals surface area contributed by atoms with Gasteiger partial charge in [0.2, 0.25) is 0 Å². The largest absolute Gasteiger partial charge is 0.481 e. The first kappa shape index (κ1) is 11.4. The first-order chi connectivity index (χ1) is 7.58. The molecule has 16 heavy (non-hydrogen) atoms. The molecule has 84 valence electrons. The molecule has 1 aromatic carbocycles. The van der Waals surface area contributed by atoms with Crippen LogP contribution in [0.1, 0.15) is 11.8 Å². The molecule has 0 bridgehead atoms. The third-order valence-electron chi connectivity index (χ3n) is 2.49. The van der Waals surface area contributed by atoms with E-state index in [4.69, 9.17) is 16.7 Å². The van der Waals surface area contributed by atoms with Crippen molar-refractivity contribution in [3.8, 4) is 0 Å². The lowest BCUT2D eigenvalue weighted by atomic mass is 10.1. The molecule has 0 amide bonds. The fraction of sp³-hybridized carbons (Fsp3) is 0.250. The first-order valence-corrected chi connectivity index (χ1v) is 6.17. The highest BCUT2D eigenvalue weighted by atomic mass is 35.5. The predicted octanol–water partition coefficient (Wildman–Crippen LogP) is 3.82. The van der Waals surface area contributed by atoms with Gasteiger partial charge in [-0.1, -0.05) is 24.6 Å². The van der Waals surface area contributed by atoms with E-state index in [1.165, 1.54) is 0 Å². The molecule has 1 unspecified atom stereocenters. The molecule has 4 heteroatoms. The summed E-state index contributed by atoms with van der Waals surface area (Å²) in [6, 6.07) is 7.75. The number of carboxylic acid groups (broad SMARTS) is 1. The molecule has 0 spiro atoms. The van der Waals surface area contributed by atoms with Crippen molar-refractivity contribution < 1.29 is 9.90 Å². The van der Waals surface area contributed by atoms with Crippen LogP contribution in [-0.4, -0.2) is 11.1 Å². The highest BCUT2D eigenvalue weighted by Gasteiger charge is 2.13. The summed E-state index contributed by atoms with van der Waals surface area (Å²) in [5.74, 6) is -1.12. The molecule has 0 radical (unpaired) electrons. The Balaban J connectivity index is 2.33. The number of benzene rings is 1. The average molecular weight is 255 g/mol. The van der Waals surface area contributed by atoms with Crippen LogP contribution < -0.4 is 0 Å². The molecule has 2 rings (SSSR count). The number of aliphatic carboxylic acids is 1. The summed E-state index contributed by atoms with van der Waals surface area (Å²) in [5, 5.41) is 10.6. The van der Waals surface area contributed by atoms with E-state index in [9.17, 15) is 4.79 Å². The van der Waals surface area contributed by atoms with Crippen molar-refractivity contribution in [1.82, 2.24) is 0 Å². The lowest BCUT2D eigenvalue weighted by Crippen LogP contribution is -2.11. The molecule has 0 saturated heterocycles. The fourth-order valence-corrected chi connectivity index (χ4v) is 3.07. The number of hydrogen-bond acceptors (Lipinski definition) is 2. The number of carbonyl (C=O) groups is 1. The monoisotopic (exact) mass is 254 g/mol. The summed E-state index contributed by atoms with van der Waals surface area (Å²) >= 11 is 7.67. The quantitative estimate of drug-likeness (QED) is 0.904. The topological polar surface area (TPSA) is 37.3 Å². The van der Waals surface area contributed by atoms with Gasteiger partial charge in [-0.2, -0.15) is 0 Å². The van der Waals surface area contributed by atoms with E-state index in [0.29, 0.717) is 6.42 Å². The molecule has 0 aliphatic heterocycles. The maximum atomic E-state index is 10.8. The van der Waals surface area contributed by atoms with E-state index in [0.717, 1.165) is 20.0 Å². The Kier molecular flexibility index (Phi) is 3.17. The van der Waals surface area contributed by atoms with Crippen LogP contribution in [0.4, 0.5) is 0 Å². The van der Waals surface area contributed by atoms with Crippen molar-refractivity contribution in [3.63, 3.8) is 0 Å². The number of rotatable bonds is 3. The van der Waals surface area contributed by atoms with Crippen LogP contribution in [0, 0.1) is 5.92 Å². The van der Waals surface area contributed by atoms with Gasteiger partial charge < -0.3 is 5.11 Å². The number of carboxylic acids is 1. The average Bonchev–Trinajstić information content (AvgIpc) is 2.61. The van der Waals surface area contributed by atoms with E-state index >= 15 is 0 Å². The zero-order valence-electron chi connectivity index (χ0n) is 8.74. The molecular weight excluding hydrogens is 244 g/mol. The van der Waals surface area contributed by atoms with Gasteiger partial charge >= 0.3 is 5.97 Å². The molecule has 2 nitrogen and oxygen atoms in total. The number of fused-ring (bicyclic) bond motifs is 1. The summed E-state index contributed by atoms with van der Waals surface area (Å²) in [6.07, 6.45) is 0.561. The number of hydrogen-bond donors (Lipinski definition) is 1. The summed E-state index contributed by atoms with van der Waals surface area (Å²) in [5.41, 5.74) is 0. The van der Waals surface area contributed by atoms with Crippen LogP contribution in [0.15, 0.2) is 24.3 Å². The Labute approximate surface area is 102 Å². The second-order valence-electron chi connectivity index (χ2n) is 3.81. The van der Waals surface area contributed by atoms with Crippen molar-refractivity contribution in [3.05, 3.63) is 34.2 Å². The Morgan fingerprint density at radius 1 is 1.56 bits per heavy atom. The molecule has 2 aromatic rings. The van der Waals surface area contributed by atoms with Gasteiger partial charge in [0.05, 0.1) is 5.92 Å². The van der Waals surface area contributed by atoms with Gasteiger partial charge in [0.1, 0.15) is 0 Å². The van der Waals surface area contributed by atoms with Gasteiger partial charge in [0.25, 0.3) is 0 Å². The maximum Gasteiger partial charge on any atom is 0.306 e. The van der Waals surface area contributed by atoms with Crippen molar-refractivity contribution in [2.45, 2.75) is 13.3 Å². The minimum atomic E-state index is -0.761. The van der Waals surface area contributed by atoms with Crippen molar-refractivity contribution in [2.75, 3.05) is 0 Å². The normalized spacial score (nSPS) is 12.9. The third kappa shape index (κ3) is 2.20. The molecule has 0 fully saturated rings. The highest BCUT2D eigenvalue weighted by Crippen LogP contribution is 2.32. The molecule has 0 aliphatic rings. The molecule has 0 saturated carbocycles. The number of halogens is 1. The summed E-state index contributed by atoms with van der Waals surface area (Å²) in [4.78, 5) is 11.8. The molecular formula is C12H11ClO2S. The Hall–Kier alpha value is -1.06. The van der Waals surface area contributed by atoms with Gasteiger partial charge in [-0.05, 0) is 24.6 Å². The third-order valence-corrected chi connectivity index (χ3v) is 3.94. The van der Waals surface area contributed by atoms with E-state index < -0.39 is 5.97 Å². The summed E-state index contributed by atoms with van der Waals surface area (Å²) < 4.78 is 1.11. The Bertz CT molecular complexity index is 533. The van der Waals surface area contributed by atoms with E-state index in [2.05, 4.69) is 0 Å². The van der Waals surface area contributed by atoms with Crippen molar-refractivity contribution >= 4 is 39.0 Å². The van der Waals surface area contributed by atoms with Crippen molar-refractivity contribution in [1.29, 1.82) is 0 Å². The molecule has 1 N–H and O–H groups in total. The molecule has 0 aliphatic carbocycles. The minimum Gasteiger partial charge on any atom is -0.481 e.